The molecular weight excluding hydrogens is 376 g/mol. The maximum absolute atomic E-state index is 12.8. The summed E-state index contributed by atoms with van der Waals surface area (Å²) >= 11 is 0. The number of benzene rings is 2. The summed E-state index contributed by atoms with van der Waals surface area (Å²) in [5, 5.41) is 14.6. The van der Waals surface area contributed by atoms with Gasteiger partial charge in [-0.25, -0.2) is 4.98 Å². The number of hydrogen-bond donors (Lipinski definition) is 2. The minimum absolute atomic E-state index is 0.115. The second kappa shape index (κ2) is 9.48. The number of nitriles is 1. The monoisotopic (exact) mass is 398 g/mol. The van der Waals surface area contributed by atoms with Crippen LogP contribution in [0.4, 0.5) is 11.4 Å². The Morgan fingerprint density at radius 3 is 2.03 bits per heavy atom. The zero-order valence-corrected chi connectivity index (χ0v) is 16.9. The molecule has 150 valence electrons. The Hall–Kier alpha value is -3.98. The number of hydrogen-bond acceptors (Lipinski definition) is 4. The number of nitrogens with zero attached hydrogens (tertiary/aromatic N) is 2. The number of carbonyl (C=O) groups is 2. The second-order valence-corrected chi connectivity index (χ2v) is 6.67. The van der Waals surface area contributed by atoms with Gasteiger partial charge in [0.25, 0.3) is 11.8 Å². The highest BCUT2D eigenvalue weighted by Gasteiger charge is 2.15. The Kier molecular flexibility index (Phi) is 6.56. The van der Waals surface area contributed by atoms with Gasteiger partial charge in [-0.2, -0.15) is 5.26 Å². The maximum Gasteiger partial charge on any atom is 0.274 e. The molecule has 0 atom stereocenters. The minimum atomic E-state index is -0.456. The number of amides is 2. The molecule has 0 spiro atoms. The molecule has 1 aromatic heterocycles. The van der Waals surface area contributed by atoms with E-state index in [0.29, 0.717) is 11.3 Å². The van der Waals surface area contributed by atoms with Crippen molar-refractivity contribution in [3.8, 4) is 6.07 Å². The molecule has 0 aliphatic rings. The van der Waals surface area contributed by atoms with E-state index in [-0.39, 0.29) is 17.3 Å². The lowest BCUT2D eigenvalue weighted by molar-refractivity contribution is 0.101. The maximum atomic E-state index is 12.8. The van der Waals surface area contributed by atoms with E-state index >= 15 is 0 Å². The van der Waals surface area contributed by atoms with E-state index in [1.807, 2.05) is 38.1 Å². The lowest BCUT2D eigenvalue weighted by Gasteiger charge is -2.14. The number of aryl methyl sites for hydroxylation is 2. The quantitative estimate of drug-likeness (QED) is 0.635. The fourth-order valence-electron chi connectivity index (χ4n) is 3.13. The van der Waals surface area contributed by atoms with Crippen LogP contribution >= 0.6 is 0 Å². The van der Waals surface area contributed by atoms with Gasteiger partial charge in [0.15, 0.2) is 0 Å². The topological polar surface area (TPSA) is 94.9 Å². The molecule has 30 heavy (non-hydrogen) atoms. The molecule has 0 fully saturated rings. The third-order valence-corrected chi connectivity index (χ3v) is 4.70. The standard InChI is InChI=1S/C24H22N4O2/c1-3-17-9-6-10-18(4-2)22(17)28-24(30)21-13-7-12-20(27-21)23(29)26-19-11-5-8-16(14-19)15-25/h5-14H,3-4H2,1-2H3,(H,26,29)(H,28,30). The van der Waals surface area contributed by atoms with E-state index in [2.05, 4.69) is 15.6 Å². The molecule has 2 N–H and O–H groups in total. The minimum Gasteiger partial charge on any atom is -0.321 e. The van der Waals surface area contributed by atoms with E-state index in [9.17, 15) is 9.59 Å². The highest BCUT2D eigenvalue weighted by Crippen LogP contribution is 2.23. The zero-order chi connectivity index (χ0) is 21.5. The largest absolute Gasteiger partial charge is 0.321 e. The van der Waals surface area contributed by atoms with E-state index in [4.69, 9.17) is 5.26 Å². The Balaban J connectivity index is 1.81. The van der Waals surface area contributed by atoms with Crippen LogP contribution in [0.1, 0.15) is 51.5 Å². The summed E-state index contributed by atoms with van der Waals surface area (Å²) in [4.78, 5) is 29.6. The molecule has 6 heteroatoms. The average molecular weight is 398 g/mol. The molecule has 0 saturated heterocycles. The number of pyridine rings is 1. The van der Waals surface area contributed by atoms with Crippen molar-refractivity contribution in [3.63, 3.8) is 0 Å². The molecule has 0 aliphatic carbocycles. The second-order valence-electron chi connectivity index (χ2n) is 6.67. The van der Waals surface area contributed by atoms with Crippen molar-refractivity contribution in [1.82, 2.24) is 4.98 Å². The number of anilines is 2. The van der Waals surface area contributed by atoms with Crippen molar-refractivity contribution >= 4 is 23.2 Å². The summed E-state index contributed by atoms with van der Waals surface area (Å²) in [7, 11) is 0. The molecule has 2 aromatic carbocycles. The van der Waals surface area contributed by atoms with Crippen molar-refractivity contribution in [2.45, 2.75) is 26.7 Å². The lowest BCUT2D eigenvalue weighted by Crippen LogP contribution is -2.19. The first-order valence-electron chi connectivity index (χ1n) is 9.76. The molecular formula is C24H22N4O2. The molecule has 3 rings (SSSR count). The van der Waals surface area contributed by atoms with Gasteiger partial charge in [0.2, 0.25) is 0 Å². The van der Waals surface area contributed by atoms with Crippen molar-refractivity contribution in [2.24, 2.45) is 0 Å². The molecule has 0 radical (unpaired) electrons. The number of rotatable bonds is 6. The molecule has 3 aromatic rings. The van der Waals surface area contributed by atoms with E-state index in [0.717, 1.165) is 29.7 Å². The van der Waals surface area contributed by atoms with Crippen LogP contribution in [0.3, 0.4) is 0 Å². The Labute approximate surface area is 175 Å². The van der Waals surface area contributed by atoms with Gasteiger partial charge < -0.3 is 10.6 Å². The van der Waals surface area contributed by atoms with Crippen LogP contribution in [-0.4, -0.2) is 16.8 Å². The summed E-state index contributed by atoms with van der Waals surface area (Å²) in [5.41, 5.74) is 4.10. The predicted octanol–water partition coefficient (Wildman–Crippen LogP) is 4.58. The normalized spacial score (nSPS) is 10.2. The van der Waals surface area contributed by atoms with Crippen LogP contribution in [0, 0.1) is 11.3 Å². The van der Waals surface area contributed by atoms with Gasteiger partial charge in [-0.3, -0.25) is 9.59 Å². The molecule has 0 saturated carbocycles. The van der Waals surface area contributed by atoms with Gasteiger partial charge in [0.05, 0.1) is 11.6 Å². The van der Waals surface area contributed by atoms with Gasteiger partial charge in [-0.1, -0.05) is 44.2 Å². The highest BCUT2D eigenvalue weighted by atomic mass is 16.2. The first-order chi connectivity index (χ1) is 14.5. The molecule has 0 bridgehead atoms. The number of aromatic nitrogens is 1. The van der Waals surface area contributed by atoms with Crippen molar-refractivity contribution < 1.29 is 9.59 Å². The van der Waals surface area contributed by atoms with Crippen molar-refractivity contribution in [3.05, 3.63) is 88.7 Å². The van der Waals surface area contributed by atoms with Crippen LogP contribution in [0.2, 0.25) is 0 Å². The SMILES string of the molecule is CCc1cccc(CC)c1NC(=O)c1cccc(C(=O)Nc2cccc(C#N)c2)n1. The van der Waals surface area contributed by atoms with Crippen LogP contribution in [0.15, 0.2) is 60.7 Å². The molecule has 6 nitrogen and oxygen atoms in total. The third-order valence-electron chi connectivity index (χ3n) is 4.70. The summed E-state index contributed by atoms with van der Waals surface area (Å²) < 4.78 is 0. The van der Waals surface area contributed by atoms with Gasteiger partial charge in [-0.05, 0) is 54.3 Å². The van der Waals surface area contributed by atoms with Crippen LogP contribution in [0.25, 0.3) is 0 Å². The lowest BCUT2D eigenvalue weighted by atomic mass is 10.0. The smallest absolute Gasteiger partial charge is 0.274 e. The number of carbonyl (C=O) groups excluding carboxylic acids is 2. The van der Waals surface area contributed by atoms with Crippen LogP contribution < -0.4 is 10.6 Å². The fraction of sp³-hybridized carbons (Fsp3) is 0.167. The molecule has 2 amide bonds. The first kappa shape index (κ1) is 20.7. The summed E-state index contributed by atoms with van der Waals surface area (Å²) in [6.07, 6.45) is 1.59. The van der Waals surface area contributed by atoms with E-state index in [1.54, 1.807) is 36.4 Å². The summed E-state index contributed by atoms with van der Waals surface area (Å²) in [5.74, 6) is -0.824. The van der Waals surface area contributed by atoms with Gasteiger partial charge >= 0.3 is 0 Å². The van der Waals surface area contributed by atoms with Gasteiger partial charge in [-0.15, -0.1) is 0 Å². The van der Waals surface area contributed by atoms with Crippen molar-refractivity contribution in [2.75, 3.05) is 10.6 Å². The predicted molar refractivity (Wildman–Crippen MR) is 116 cm³/mol. The van der Waals surface area contributed by atoms with Gasteiger partial charge in [0.1, 0.15) is 11.4 Å². The third kappa shape index (κ3) is 4.70. The molecule has 0 unspecified atom stereocenters. The zero-order valence-electron chi connectivity index (χ0n) is 16.9. The van der Waals surface area contributed by atoms with Gasteiger partial charge in [0, 0.05) is 11.4 Å². The van der Waals surface area contributed by atoms with Crippen LogP contribution in [0.5, 0.6) is 0 Å². The molecule has 1 heterocycles. The summed E-state index contributed by atoms with van der Waals surface area (Å²) in [6, 6.07) is 19.3. The Morgan fingerprint density at radius 1 is 0.867 bits per heavy atom. The Morgan fingerprint density at radius 2 is 1.43 bits per heavy atom. The highest BCUT2D eigenvalue weighted by molar-refractivity contribution is 6.06. The average Bonchev–Trinajstić information content (AvgIpc) is 2.79. The van der Waals surface area contributed by atoms with E-state index in [1.165, 1.54) is 6.07 Å². The number of para-hydroxylation sites is 1. The summed E-state index contributed by atoms with van der Waals surface area (Å²) in [6.45, 7) is 4.07. The first-order valence-corrected chi connectivity index (χ1v) is 9.76. The van der Waals surface area contributed by atoms with Crippen LogP contribution in [-0.2, 0) is 12.8 Å². The Bertz CT molecular complexity index is 1110. The number of nitrogens with one attached hydrogen (secondary N) is 2. The van der Waals surface area contributed by atoms with E-state index < -0.39 is 5.91 Å². The van der Waals surface area contributed by atoms with Crippen molar-refractivity contribution in [1.29, 1.82) is 5.26 Å². The fourth-order valence-corrected chi connectivity index (χ4v) is 3.13. The molecule has 0 aliphatic heterocycles.